The number of allylic oxidation sites excluding steroid dienone is 1. The molecule has 5 rings (SSSR count). The lowest BCUT2D eigenvalue weighted by Crippen LogP contribution is -2.55. The fraction of sp³-hybridized carbons (Fsp3) is 0.577. The van der Waals surface area contributed by atoms with Crippen molar-refractivity contribution in [3.8, 4) is 0 Å². The van der Waals surface area contributed by atoms with Crippen molar-refractivity contribution in [2.45, 2.75) is 76.2 Å². The Morgan fingerprint density at radius 3 is 2.79 bits per heavy atom. The van der Waals surface area contributed by atoms with Gasteiger partial charge in [-0.2, -0.15) is 0 Å². The number of fused-ring (bicyclic) bond motifs is 1. The summed E-state index contributed by atoms with van der Waals surface area (Å²) in [6.45, 7) is 6.98. The molecular weight excluding hydrogens is 422 g/mol. The molecule has 1 aliphatic carbocycles. The average molecular weight is 456 g/mol. The van der Waals surface area contributed by atoms with Crippen molar-refractivity contribution in [1.82, 2.24) is 4.57 Å². The molecule has 1 N–H and O–H groups in total. The van der Waals surface area contributed by atoms with Crippen molar-refractivity contribution in [2.75, 3.05) is 13.7 Å². The van der Waals surface area contributed by atoms with Crippen molar-refractivity contribution in [1.29, 1.82) is 0 Å². The molecule has 3 aliphatic rings. The van der Waals surface area contributed by atoms with E-state index in [1.807, 2.05) is 24.3 Å². The number of nitrogens with zero attached hydrogens (tertiary/aromatic N) is 1. The van der Waals surface area contributed by atoms with Crippen LogP contribution >= 0.6 is 0 Å². The minimum absolute atomic E-state index is 0.00867. The maximum absolute atomic E-state index is 13.2. The summed E-state index contributed by atoms with van der Waals surface area (Å²) in [7, 11) is 1.68. The number of hydrogen-bond donors (Lipinski definition) is 1. The second kappa shape index (κ2) is 8.24. The minimum atomic E-state index is -0.428. The van der Waals surface area contributed by atoms with E-state index in [9.17, 15) is 9.90 Å². The zero-order valence-corrected chi connectivity index (χ0v) is 19.7. The summed E-state index contributed by atoms with van der Waals surface area (Å²) in [5.41, 5.74) is 2.21. The lowest BCUT2D eigenvalue weighted by atomic mass is 9.68. The number of carbonyl (C=O) groups is 1. The van der Waals surface area contributed by atoms with Crippen molar-refractivity contribution in [2.24, 2.45) is 5.92 Å². The number of aliphatic hydroxyl groups is 1. The van der Waals surface area contributed by atoms with Gasteiger partial charge in [0, 0.05) is 18.7 Å². The van der Waals surface area contributed by atoms with E-state index in [2.05, 4.69) is 26.8 Å². The Bertz CT molecular complexity index is 1080. The summed E-state index contributed by atoms with van der Waals surface area (Å²) in [5.74, 6) is -0.00867. The molecule has 0 radical (unpaired) electrons. The SMILES string of the molecule is CO[C@H]1[C@H](C2(C)O[C@@H]2CC=C(C)C)[C@]2(CC[C@H]1OC(=O)n1ccc3cc(CO)ccc31)CO2. The van der Waals surface area contributed by atoms with Gasteiger partial charge in [-0.1, -0.05) is 17.7 Å². The number of epoxide rings is 2. The molecule has 1 aromatic heterocycles. The lowest BCUT2D eigenvalue weighted by Gasteiger charge is -2.42. The monoisotopic (exact) mass is 455 g/mol. The van der Waals surface area contributed by atoms with E-state index in [0.717, 1.165) is 29.3 Å². The molecule has 3 heterocycles. The summed E-state index contributed by atoms with van der Waals surface area (Å²) in [4.78, 5) is 13.2. The highest BCUT2D eigenvalue weighted by Gasteiger charge is 2.72. The number of aromatic nitrogens is 1. The maximum atomic E-state index is 13.2. The third kappa shape index (κ3) is 3.91. The molecular formula is C26H33NO6. The molecule has 3 fully saturated rings. The van der Waals surface area contributed by atoms with E-state index in [0.29, 0.717) is 13.0 Å². The van der Waals surface area contributed by atoms with Gasteiger partial charge in [0.15, 0.2) is 0 Å². The fourth-order valence-electron chi connectivity index (χ4n) is 5.71. The predicted octanol–water partition coefficient (Wildman–Crippen LogP) is 4.19. The van der Waals surface area contributed by atoms with Crippen LogP contribution in [-0.2, 0) is 25.6 Å². The first-order valence-corrected chi connectivity index (χ1v) is 11.7. The second-order valence-electron chi connectivity index (χ2n) is 10.0. The topological polar surface area (TPSA) is 85.8 Å². The molecule has 2 saturated heterocycles. The number of ether oxygens (including phenoxy) is 4. The highest BCUT2D eigenvalue weighted by molar-refractivity contribution is 5.89. The van der Waals surface area contributed by atoms with Crippen LogP contribution in [0.25, 0.3) is 10.9 Å². The van der Waals surface area contributed by atoms with Crippen LogP contribution in [0.2, 0.25) is 0 Å². The molecule has 7 heteroatoms. The van der Waals surface area contributed by atoms with E-state index in [1.54, 1.807) is 13.3 Å². The quantitative estimate of drug-likeness (QED) is 0.519. The number of rotatable bonds is 6. The normalized spacial score (nSPS) is 34.9. The van der Waals surface area contributed by atoms with Crippen LogP contribution < -0.4 is 0 Å². The molecule has 0 amide bonds. The number of carbonyl (C=O) groups excluding carboxylic acids is 1. The van der Waals surface area contributed by atoms with Gasteiger partial charge in [0.25, 0.3) is 0 Å². The van der Waals surface area contributed by atoms with E-state index >= 15 is 0 Å². The first-order chi connectivity index (χ1) is 15.8. The highest BCUT2D eigenvalue weighted by atomic mass is 16.6. The number of methoxy groups -OCH3 is 1. The van der Waals surface area contributed by atoms with Crippen LogP contribution in [0.5, 0.6) is 0 Å². The van der Waals surface area contributed by atoms with Gasteiger partial charge in [0.1, 0.15) is 23.4 Å². The van der Waals surface area contributed by atoms with Gasteiger partial charge in [0.05, 0.1) is 30.8 Å². The molecule has 2 aliphatic heterocycles. The maximum Gasteiger partial charge on any atom is 0.418 e. The van der Waals surface area contributed by atoms with Crippen LogP contribution in [-0.4, -0.2) is 59.0 Å². The van der Waals surface area contributed by atoms with Crippen LogP contribution in [0.4, 0.5) is 4.79 Å². The fourth-order valence-corrected chi connectivity index (χ4v) is 5.71. The summed E-state index contributed by atoms with van der Waals surface area (Å²) in [5, 5.41) is 10.3. The molecule has 1 aromatic carbocycles. The van der Waals surface area contributed by atoms with Gasteiger partial charge in [0.2, 0.25) is 0 Å². The van der Waals surface area contributed by atoms with Gasteiger partial charge in [-0.3, -0.25) is 4.57 Å². The molecule has 1 saturated carbocycles. The van der Waals surface area contributed by atoms with Crippen molar-refractivity contribution >= 4 is 17.0 Å². The standard InChI is InChI=1S/C26H33NO6/c1-16(2)5-8-21-25(3,33-21)23-22(30-4)20(9-11-26(23)15-31-26)32-24(29)27-12-10-18-13-17(14-28)6-7-19(18)27/h5-7,10,12-13,20-23,28H,8-9,11,14-15H2,1-4H3/t20-,21-,22-,23-,25?,26+/m1/s1. The zero-order valence-electron chi connectivity index (χ0n) is 19.7. The summed E-state index contributed by atoms with van der Waals surface area (Å²) < 4.78 is 25.8. The number of hydrogen-bond acceptors (Lipinski definition) is 6. The molecule has 7 nitrogen and oxygen atoms in total. The zero-order chi connectivity index (χ0) is 23.4. The Labute approximate surface area is 194 Å². The molecule has 6 atom stereocenters. The number of benzene rings is 1. The van der Waals surface area contributed by atoms with Crippen molar-refractivity contribution in [3.63, 3.8) is 0 Å². The van der Waals surface area contributed by atoms with Crippen LogP contribution in [0, 0.1) is 5.92 Å². The second-order valence-corrected chi connectivity index (χ2v) is 10.0. The Hall–Kier alpha value is -2.19. The van der Waals surface area contributed by atoms with Crippen molar-refractivity contribution < 1.29 is 28.8 Å². The van der Waals surface area contributed by atoms with E-state index in [1.165, 1.54) is 10.1 Å². The largest absolute Gasteiger partial charge is 0.443 e. The summed E-state index contributed by atoms with van der Waals surface area (Å²) in [6, 6.07) is 7.37. The lowest BCUT2D eigenvalue weighted by molar-refractivity contribution is -0.117. The van der Waals surface area contributed by atoms with Crippen LogP contribution in [0.1, 0.15) is 45.6 Å². The van der Waals surface area contributed by atoms with Crippen molar-refractivity contribution in [3.05, 3.63) is 47.7 Å². The van der Waals surface area contributed by atoms with E-state index < -0.39 is 6.09 Å². The first kappa shape index (κ1) is 22.6. The molecule has 1 unspecified atom stereocenters. The Balaban J connectivity index is 1.36. The van der Waals surface area contributed by atoms with Crippen LogP contribution in [0.15, 0.2) is 42.1 Å². The molecule has 178 valence electrons. The highest BCUT2D eigenvalue weighted by Crippen LogP contribution is 2.59. The molecule has 0 bridgehead atoms. The Morgan fingerprint density at radius 2 is 2.12 bits per heavy atom. The molecule has 1 spiro atoms. The molecule has 33 heavy (non-hydrogen) atoms. The van der Waals surface area contributed by atoms with Gasteiger partial charge < -0.3 is 24.1 Å². The predicted molar refractivity (Wildman–Crippen MR) is 123 cm³/mol. The minimum Gasteiger partial charge on any atom is -0.443 e. The van der Waals surface area contributed by atoms with Gasteiger partial charge in [-0.25, -0.2) is 4.79 Å². The van der Waals surface area contributed by atoms with Gasteiger partial charge in [-0.15, -0.1) is 0 Å². The third-order valence-electron chi connectivity index (χ3n) is 7.62. The van der Waals surface area contributed by atoms with Gasteiger partial charge >= 0.3 is 6.09 Å². The van der Waals surface area contributed by atoms with Gasteiger partial charge in [-0.05, 0) is 63.8 Å². The first-order valence-electron chi connectivity index (χ1n) is 11.7. The van der Waals surface area contributed by atoms with E-state index in [-0.39, 0.29) is 42.0 Å². The summed E-state index contributed by atoms with van der Waals surface area (Å²) in [6.07, 6.45) is 5.26. The third-order valence-corrected chi connectivity index (χ3v) is 7.62. The summed E-state index contributed by atoms with van der Waals surface area (Å²) >= 11 is 0. The molecule has 2 aromatic rings. The number of aliphatic hydroxyl groups excluding tert-OH is 1. The van der Waals surface area contributed by atoms with Crippen LogP contribution in [0.3, 0.4) is 0 Å². The Morgan fingerprint density at radius 1 is 1.33 bits per heavy atom. The average Bonchev–Trinajstić information content (AvgIpc) is 3.66. The van der Waals surface area contributed by atoms with E-state index in [4.69, 9.17) is 18.9 Å². The Kier molecular flexibility index (Phi) is 5.64. The smallest absolute Gasteiger partial charge is 0.418 e.